The molecule has 0 unspecified atom stereocenters. The van der Waals surface area contributed by atoms with Crippen molar-refractivity contribution in [3.63, 3.8) is 0 Å². The van der Waals surface area contributed by atoms with Gasteiger partial charge in [0, 0.05) is 42.2 Å². The maximum atomic E-state index is 12.5. The number of benzene rings is 1. The Balaban J connectivity index is 1.85. The maximum absolute atomic E-state index is 12.5. The zero-order valence-corrected chi connectivity index (χ0v) is 14.3. The Morgan fingerprint density at radius 1 is 1.16 bits per heavy atom. The van der Waals surface area contributed by atoms with Crippen LogP contribution in [0, 0.1) is 10.1 Å². The Kier molecular flexibility index (Phi) is 4.01. The smallest absolute Gasteiger partial charge is 0.270 e. The molecular formula is C18H16N2O4S. The van der Waals surface area contributed by atoms with E-state index in [0.717, 1.165) is 31.5 Å². The van der Waals surface area contributed by atoms with Gasteiger partial charge in [0.25, 0.3) is 5.69 Å². The molecule has 0 atom stereocenters. The molecule has 1 fully saturated rings. The normalized spacial score (nSPS) is 14.8. The first-order chi connectivity index (χ1) is 12.1. The average Bonchev–Trinajstić information content (AvgIpc) is 3.07. The lowest BCUT2D eigenvalue weighted by atomic mass is 10.1. The Bertz CT molecular complexity index is 1000. The van der Waals surface area contributed by atoms with Gasteiger partial charge in [-0.2, -0.15) is 0 Å². The molecule has 0 bridgehead atoms. The fourth-order valence-electron chi connectivity index (χ4n) is 3.19. The van der Waals surface area contributed by atoms with Crippen LogP contribution in [0.15, 0.2) is 44.9 Å². The van der Waals surface area contributed by atoms with Gasteiger partial charge in [0.05, 0.1) is 4.92 Å². The van der Waals surface area contributed by atoms with Crippen LogP contribution in [0.5, 0.6) is 0 Å². The topological polar surface area (TPSA) is 76.6 Å². The molecule has 3 aromatic rings. The Morgan fingerprint density at radius 2 is 1.96 bits per heavy atom. The second-order valence-corrected chi connectivity index (χ2v) is 6.99. The second-order valence-electron chi connectivity index (χ2n) is 6.11. The van der Waals surface area contributed by atoms with Gasteiger partial charge in [-0.1, -0.05) is 12.1 Å². The van der Waals surface area contributed by atoms with Gasteiger partial charge in [0.1, 0.15) is 4.70 Å². The van der Waals surface area contributed by atoms with Crippen molar-refractivity contribution in [2.45, 2.75) is 19.3 Å². The monoisotopic (exact) mass is 356 g/mol. The van der Waals surface area contributed by atoms with Crippen molar-refractivity contribution in [2.75, 3.05) is 18.0 Å². The zero-order valence-electron chi connectivity index (χ0n) is 13.4. The molecular weight excluding hydrogens is 340 g/mol. The van der Waals surface area contributed by atoms with E-state index < -0.39 is 4.92 Å². The fraction of sp³-hybridized carbons (Fsp3) is 0.278. The van der Waals surface area contributed by atoms with Gasteiger partial charge in [-0.05, 0) is 24.8 Å². The van der Waals surface area contributed by atoms with Gasteiger partial charge in [-0.15, -0.1) is 11.3 Å². The molecule has 2 aromatic heterocycles. The number of thiophene rings is 1. The van der Waals surface area contributed by atoms with E-state index in [1.807, 2.05) is 5.38 Å². The highest BCUT2D eigenvalue weighted by atomic mass is 32.1. The Morgan fingerprint density at radius 3 is 2.72 bits per heavy atom. The van der Waals surface area contributed by atoms with E-state index in [-0.39, 0.29) is 11.1 Å². The van der Waals surface area contributed by atoms with Gasteiger partial charge in [-0.3, -0.25) is 14.9 Å². The SMILES string of the molecule is O=c1cc(N2CCCCC2)oc2c(-c3cccc([N+](=O)[O-])c3)csc12. The van der Waals surface area contributed by atoms with Gasteiger partial charge in [0.2, 0.25) is 5.43 Å². The van der Waals surface area contributed by atoms with Crippen LogP contribution in [0.2, 0.25) is 0 Å². The van der Waals surface area contributed by atoms with Crippen LogP contribution in [0.1, 0.15) is 19.3 Å². The summed E-state index contributed by atoms with van der Waals surface area (Å²) in [6.45, 7) is 1.76. The van der Waals surface area contributed by atoms with Crippen LogP contribution in [0.3, 0.4) is 0 Å². The molecule has 6 nitrogen and oxygen atoms in total. The van der Waals surface area contributed by atoms with E-state index in [1.54, 1.807) is 18.2 Å². The third-order valence-corrected chi connectivity index (χ3v) is 5.44. The quantitative estimate of drug-likeness (QED) is 0.513. The van der Waals surface area contributed by atoms with E-state index in [2.05, 4.69) is 4.90 Å². The number of fused-ring (bicyclic) bond motifs is 1. The molecule has 3 heterocycles. The van der Waals surface area contributed by atoms with E-state index in [1.165, 1.54) is 29.9 Å². The van der Waals surface area contributed by atoms with Crippen LogP contribution < -0.4 is 10.3 Å². The summed E-state index contributed by atoms with van der Waals surface area (Å²) < 4.78 is 6.62. The summed E-state index contributed by atoms with van der Waals surface area (Å²) in [4.78, 5) is 25.2. The van der Waals surface area contributed by atoms with Crippen molar-refractivity contribution in [3.05, 3.63) is 56.0 Å². The number of nitro groups is 1. The molecule has 0 saturated carbocycles. The lowest BCUT2D eigenvalue weighted by molar-refractivity contribution is -0.384. The summed E-state index contributed by atoms with van der Waals surface area (Å²) >= 11 is 1.31. The minimum absolute atomic E-state index is 0.0198. The first kappa shape index (κ1) is 15.8. The minimum atomic E-state index is -0.423. The predicted octanol–water partition coefficient (Wildman–Crippen LogP) is 4.42. The van der Waals surface area contributed by atoms with Crippen LogP contribution in [0.25, 0.3) is 21.4 Å². The highest BCUT2D eigenvalue weighted by Gasteiger charge is 2.19. The lowest BCUT2D eigenvalue weighted by Gasteiger charge is -2.26. The summed E-state index contributed by atoms with van der Waals surface area (Å²) in [7, 11) is 0. The van der Waals surface area contributed by atoms with E-state index >= 15 is 0 Å². The summed E-state index contributed by atoms with van der Waals surface area (Å²) in [6, 6.07) is 7.95. The number of hydrogen-bond acceptors (Lipinski definition) is 6. The molecule has 0 N–H and O–H groups in total. The van der Waals surface area contributed by atoms with E-state index in [4.69, 9.17) is 4.42 Å². The van der Waals surface area contributed by atoms with Crippen molar-refractivity contribution in [2.24, 2.45) is 0 Å². The Labute approximate surface area is 147 Å². The van der Waals surface area contributed by atoms with Crippen molar-refractivity contribution in [3.8, 4) is 11.1 Å². The number of nitrogens with zero attached hydrogens (tertiary/aromatic N) is 2. The van der Waals surface area contributed by atoms with E-state index in [0.29, 0.717) is 21.7 Å². The molecule has 0 amide bonds. The highest BCUT2D eigenvalue weighted by molar-refractivity contribution is 7.17. The van der Waals surface area contributed by atoms with E-state index in [9.17, 15) is 14.9 Å². The Hall–Kier alpha value is -2.67. The maximum Gasteiger partial charge on any atom is 0.270 e. The lowest BCUT2D eigenvalue weighted by Crippen LogP contribution is -2.29. The van der Waals surface area contributed by atoms with Crippen molar-refractivity contribution in [1.82, 2.24) is 0 Å². The van der Waals surface area contributed by atoms with Crippen LogP contribution in [-0.4, -0.2) is 18.0 Å². The molecule has 128 valence electrons. The molecule has 4 rings (SSSR count). The summed E-state index contributed by atoms with van der Waals surface area (Å²) in [5.74, 6) is 0.585. The number of non-ortho nitro benzene ring substituents is 1. The largest absolute Gasteiger partial charge is 0.439 e. The molecule has 0 spiro atoms. The number of rotatable bonds is 3. The number of piperidine rings is 1. The minimum Gasteiger partial charge on any atom is -0.439 e. The molecule has 7 heteroatoms. The predicted molar refractivity (Wildman–Crippen MR) is 98.5 cm³/mol. The standard InChI is InChI=1S/C18H16N2O4S/c21-15-10-16(19-7-2-1-3-8-19)24-17-14(11-25-18(15)17)12-5-4-6-13(9-12)20(22)23/h4-6,9-11H,1-3,7-8H2. The fourth-order valence-corrected chi connectivity index (χ4v) is 4.10. The summed E-state index contributed by atoms with van der Waals surface area (Å²) in [6.07, 6.45) is 3.37. The molecule has 1 aromatic carbocycles. The number of anilines is 1. The summed E-state index contributed by atoms with van der Waals surface area (Å²) in [5.41, 5.74) is 1.87. The van der Waals surface area contributed by atoms with Gasteiger partial charge >= 0.3 is 0 Å². The molecule has 0 aliphatic carbocycles. The molecule has 1 saturated heterocycles. The van der Waals surface area contributed by atoms with Crippen LogP contribution in [-0.2, 0) is 0 Å². The zero-order chi connectivity index (χ0) is 17.4. The first-order valence-corrected chi connectivity index (χ1v) is 9.06. The number of nitro benzene ring substituents is 1. The van der Waals surface area contributed by atoms with Crippen LogP contribution >= 0.6 is 11.3 Å². The molecule has 0 radical (unpaired) electrons. The molecule has 1 aliphatic rings. The third-order valence-electron chi connectivity index (χ3n) is 4.47. The van der Waals surface area contributed by atoms with Crippen molar-refractivity contribution in [1.29, 1.82) is 0 Å². The number of hydrogen-bond donors (Lipinski definition) is 0. The average molecular weight is 356 g/mol. The van der Waals surface area contributed by atoms with Crippen molar-refractivity contribution < 1.29 is 9.34 Å². The second kappa shape index (κ2) is 6.33. The summed E-state index contributed by atoms with van der Waals surface area (Å²) in [5, 5.41) is 12.9. The molecule has 1 aliphatic heterocycles. The van der Waals surface area contributed by atoms with Crippen molar-refractivity contribution >= 4 is 33.2 Å². The van der Waals surface area contributed by atoms with Gasteiger partial charge < -0.3 is 9.32 Å². The van der Waals surface area contributed by atoms with Crippen LogP contribution in [0.4, 0.5) is 11.6 Å². The van der Waals surface area contributed by atoms with Gasteiger partial charge in [-0.25, -0.2) is 0 Å². The molecule has 25 heavy (non-hydrogen) atoms. The van der Waals surface area contributed by atoms with Gasteiger partial charge in [0.15, 0.2) is 11.5 Å². The first-order valence-electron chi connectivity index (χ1n) is 8.18. The highest BCUT2D eigenvalue weighted by Crippen LogP contribution is 2.36. The third kappa shape index (κ3) is 2.91.